The van der Waals surface area contributed by atoms with Gasteiger partial charge in [-0.1, -0.05) is 11.6 Å². The maximum atomic E-state index is 13.0. The number of nitro benzene ring substituents is 1. The van der Waals surface area contributed by atoms with Crippen molar-refractivity contribution in [3.05, 3.63) is 33.3 Å². The molecule has 2 atom stereocenters. The molecule has 10 heteroatoms. The first-order chi connectivity index (χ1) is 13.6. The van der Waals surface area contributed by atoms with Crippen molar-refractivity contribution in [3.8, 4) is 0 Å². The third-order valence-corrected chi connectivity index (χ3v) is 8.37. The van der Waals surface area contributed by atoms with E-state index >= 15 is 0 Å². The van der Waals surface area contributed by atoms with Crippen LogP contribution in [0.1, 0.15) is 46.0 Å². The van der Waals surface area contributed by atoms with Gasteiger partial charge >= 0.3 is 0 Å². The second-order valence-electron chi connectivity index (χ2n) is 7.92. The second-order valence-corrected chi connectivity index (χ2v) is 10.2. The number of rotatable bonds is 4. The van der Waals surface area contributed by atoms with Gasteiger partial charge < -0.3 is 4.90 Å². The minimum absolute atomic E-state index is 0.0511. The summed E-state index contributed by atoms with van der Waals surface area (Å²) in [5.41, 5.74) is -0.328. The number of sulfonamides is 1. The molecule has 2 aliphatic rings. The molecule has 0 unspecified atom stereocenters. The normalized spacial score (nSPS) is 24.4. The van der Waals surface area contributed by atoms with E-state index in [1.807, 2.05) is 4.90 Å². The van der Waals surface area contributed by atoms with Gasteiger partial charge in [0.1, 0.15) is 4.90 Å². The first kappa shape index (κ1) is 22.0. The molecule has 0 spiro atoms. The number of nitro groups is 1. The molecule has 2 aliphatic heterocycles. The maximum Gasteiger partial charge on any atom is 0.270 e. The van der Waals surface area contributed by atoms with Gasteiger partial charge in [0.05, 0.1) is 9.95 Å². The number of nitrogens with zero attached hydrogens (tertiary/aromatic N) is 3. The van der Waals surface area contributed by atoms with Crippen molar-refractivity contribution in [2.75, 3.05) is 13.1 Å². The third-order valence-electron chi connectivity index (χ3n) is 5.99. The van der Waals surface area contributed by atoms with E-state index in [1.165, 1.54) is 16.4 Å². The van der Waals surface area contributed by atoms with Crippen molar-refractivity contribution in [1.29, 1.82) is 0 Å². The highest BCUT2D eigenvalue weighted by atomic mass is 35.5. The molecule has 0 N–H and O–H groups in total. The molecule has 0 bridgehead atoms. The first-order valence-electron chi connectivity index (χ1n) is 9.89. The summed E-state index contributed by atoms with van der Waals surface area (Å²) in [6, 6.07) is 3.80. The summed E-state index contributed by atoms with van der Waals surface area (Å²) in [7, 11) is -3.97. The number of hydrogen-bond acceptors (Lipinski definition) is 5. The summed E-state index contributed by atoms with van der Waals surface area (Å²) in [5, 5.41) is 10.9. The lowest BCUT2D eigenvalue weighted by atomic mass is 9.91. The Morgan fingerprint density at radius 2 is 1.72 bits per heavy atom. The lowest BCUT2D eigenvalue weighted by molar-refractivity contribution is -0.385. The van der Waals surface area contributed by atoms with Crippen LogP contribution < -0.4 is 0 Å². The van der Waals surface area contributed by atoms with Crippen LogP contribution in [0, 0.1) is 16.0 Å². The zero-order chi connectivity index (χ0) is 21.3. The Morgan fingerprint density at radius 1 is 1.14 bits per heavy atom. The number of benzene rings is 1. The molecular weight excluding hydrogens is 418 g/mol. The molecule has 2 heterocycles. The van der Waals surface area contributed by atoms with Crippen LogP contribution in [0.5, 0.6) is 0 Å². The lowest BCUT2D eigenvalue weighted by Crippen LogP contribution is -2.52. The van der Waals surface area contributed by atoms with E-state index in [4.69, 9.17) is 11.6 Å². The number of halogens is 1. The van der Waals surface area contributed by atoms with E-state index in [1.54, 1.807) is 0 Å². The zero-order valence-corrected chi connectivity index (χ0v) is 18.2. The Balaban J connectivity index is 1.72. The van der Waals surface area contributed by atoms with Crippen LogP contribution in [0.25, 0.3) is 0 Å². The van der Waals surface area contributed by atoms with Crippen molar-refractivity contribution in [2.24, 2.45) is 5.92 Å². The molecule has 160 valence electrons. The Kier molecular flexibility index (Phi) is 6.50. The minimum atomic E-state index is -3.97. The fraction of sp³-hybridized carbons (Fsp3) is 0.632. The van der Waals surface area contributed by atoms with E-state index in [9.17, 15) is 23.3 Å². The average Bonchev–Trinajstić information content (AvgIpc) is 2.67. The van der Waals surface area contributed by atoms with Crippen LogP contribution in [0.3, 0.4) is 0 Å². The largest absolute Gasteiger partial charge is 0.337 e. The standard InChI is InChI=1S/C19H26ClN3O5S/c1-13-4-3-5-14(2)22(13)19(24)15-8-10-21(11-9-15)29(27,28)18-12-16(23(25)26)6-7-17(18)20/h6-7,12-15H,3-5,8-11H2,1-2H3/t13-,14-/m1/s1. The lowest BCUT2D eigenvalue weighted by Gasteiger charge is -2.42. The quantitative estimate of drug-likeness (QED) is 0.524. The highest BCUT2D eigenvalue weighted by Gasteiger charge is 2.38. The smallest absolute Gasteiger partial charge is 0.270 e. The van der Waals surface area contributed by atoms with Gasteiger partial charge in [-0.15, -0.1) is 0 Å². The molecule has 2 saturated heterocycles. The number of carbonyl (C=O) groups excluding carboxylic acids is 1. The molecule has 1 aromatic carbocycles. The van der Waals surface area contributed by atoms with Crippen molar-refractivity contribution in [3.63, 3.8) is 0 Å². The summed E-state index contributed by atoms with van der Waals surface area (Å²) in [6.07, 6.45) is 3.97. The van der Waals surface area contributed by atoms with Crippen molar-refractivity contribution in [2.45, 2.75) is 62.9 Å². The summed E-state index contributed by atoms with van der Waals surface area (Å²) in [5.74, 6) is -0.0971. The number of likely N-dealkylation sites (tertiary alicyclic amines) is 1. The van der Waals surface area contributed by atoms with Crippen LogP contribution in [-0.2, 0) is 14.8 Å². The number of hydrogen-bond donors (Lipinski definition) is 0. The van der Waals surface area contributed by atoms with Gasteiger partial charge in [-0.05, 0) is 52.0 Å². The molecule has 29 heavy (non-hydrogen) atoms. The fourth-order valence-corrected chi connectivity index (χ4v) is 6.32. The number of carbonyl (C=O) groups is 1. The van der Waals surface area contributed by atoms with Crippen molar-refractivity contribution in [1.82, 2.24) is 9.21 Å². The van der Waals surface area contributed by atoms with Crippen LogP contribution in [0.4, 0.5) is 5.69 Å². The summed E-state index contributed by atoms with van der Waals surface area (Å²) < 4.78 is 27.2. The van der Waals surface area contributed by atoms with Gasteiger partial charge in [0.15, 0.2) is 0 Å². The van der Waals surface area contributed by atoms with E-state index in [0.29, 0.717) is 12.8 Å². The Bertz CT molecular complexity index is 889. The number of non-ortho nitro benzene ring substituents is 1. The third kappa shape index (κ3) is 4.41. The maximum absolute atomic E-state index is 13.0. The van der Waals surface area contributed by atoms with Gasteiger partial charge in [0.2, 0.25) is 15.9 Å². The Hall–Kier alpha value is -1.71. The van der Waals surface area contributed by atoms with Crippen LogP contribution in [0.15, 0.2) is 23.1 Å². The molecule has 0 saturated carbocycles. The topological polar surface area (TPSA) is 101 Å². The predicted molar refractivity (Wildman–Crippen MR) is 109 cm³/mol. The van der Waals surface area contributed by atoms with Crippen LogP contribution in [-0.4, -0.2) is 53.6 Å². The molecule has 0 radical (unpaired) electrons. The van der Waals surface area contributed by atoms with Crippen molar-refractivity contribution >= 4 is 33.2 Å². The predicted octanol–water partition coefficient (Wildman–Crippen LogP) is 3.44. The van der Waals surface area contributed by atoms with E-state index < -0.39 is 14.9 Å². The zero-order valence-electron chi connectivity index (χ0n) is 16.6. The monoisotopic (exact) mass is 443 g/mol. The molecule has 2 fully saturated rings. The summed E-state index contributed by atoms with van der Waals surface area (Å²) >= 11 is 6.03. The van der Waals surface area contributed by atoms with Crippen molar-refractivity contribution < 1.29 is 18.1 Å². The van der Waals surface area contributed by atoms with E-state index in [2.05, 4.69) is 13.8 Å². The van der Waals surface area contributed by atoms with Gasteiger partial charge in [-0.2, -0.15) is 4.31 Å². The molecule has 1 amide bonds. The minimum Gasteiger partial charge on any atom is -0.337 e. The van der Waals surface area contributed by atoms with Crippen LogP contribution in [0.2, 0.25) is 5.02 Å². The number of piperidine rings is 2. The van der Waals surface area contributed by atoms with Gasteiger partial charge in [0.25, 0.3) is 5.69 Å². The SMILES string of the molecule is C[C@@H]1CCC[C@@H](C)N1C(=O)C1CCN(S(=O)(=O)c2cc([N+](=O)[O-])ccc2Cl)CC1. The highest BCUT2D eigenvalue weighted by molar-refractivity contribution is 7.89. The van der Waals surface area contributed by atoms with Gasteiger partial charge in [0, 0.05) is 43.2 Å². The molecule has 1 aromatic rings. The summed E-state index contributed by atoms with van der Waals surface area (Å²) in [4.78, 5) is 25.1. The second kappa shape index (κ2) is 8.57. The van der Waals surface area contributed by atoms with Gasteiger partial charge in [-0.3, -0.25) is 14.9 Å². The Labute approximate surface area is 176 Å². The molecule has 8 nitrogen and oxygen atoms in total. The van der Waals surface area contributed by atoms with Crippen LogP contribution >= 0.6 is 11.6 Å². The molecule has 3 rings (SSSR count). The fourth-order valence-electron chi connectivity index (χ4n) is 4.35. The van der Waals surface area contributed by atoms with E-state index in [-0.39, 0.29) is 52.6 Å². The average molecular weight is 444 g/mol. The highest BCUT2D eigenvalue weighted by Crippen LogP contribution is 2.33. The van der Waals surface area contributed by atoms with E-state index in [0.717, 1.165) is 25.3 Å². The van der Waals surface area contributed by atoms with Gasteiger partial charge in [-0.25, -0.2) is 8.42 Å². The first-order valence-corrected chi connectivity index (χ1v) is 11.7. The number of amides is 1. The molecular formula is C19H26ClN3O5S. The molecule has 0 aliphatic carbocycles. The summed E-state index contributed by atoms with van der Waals surface area (Å²) in [6.45, 7) is 4.51. The molecule has 0 aromatic heterocycles. The Morgan fingerprint density at radius 3 is 2.28 bits per heavy atom.